The first-order valence-electron chi connectivity index (χ1n) is 4.96. The molecule has 0 fully saturated rings. The average molecular weight is 294 g/mol. The van der Waals surface area contributed by atoms with Crippen molar-refractivity contribution in [1.29, 1.82) is 0 Å². The Morgan fingerprint density at radius 3 is 2.33 bits per heavy atom. The van der Waals surface area contributed by atoms with Crippen LogP contribution in [-0.4, -0.2) is 29.7 Å². The predicted molar refractivity (Wildman–Crippen MR) is 65.7 cm³/mol. The van der Waals surface area contributed by atoms with Gasteiger partial charge >= 0.3 is 5.97 Å². The molecule has 0 saturated carbocycles. The number of carbonyl (C=O) groups excluding carboxylic acids is 1. The highest BCUT2D eigenvalue weighted by atomic mass is 35.5. The Balaban J connectivity index is 2.73. The highest BCUT2D eigenvalue weighted by Crippen LogP contribution is 2.24. The van der Waals surface area contributed by atoms with Crippen LogP contribution in [0.3, 0.4) is 0 Å². The third kappa shape index (κ3) is 3.85. The van der Waals surface area contributed by atoms with Gasteiger partial charge in [0.15, 0.2) is 6.04 Å². The van der Waals surface area contributed by atoms with Crippen LogP contribution in [0.4, 0.5) is 4.39 Å². The normalized spacial score (nSPS) is 11.9. The Kier molecular flexibility index (Phi) is 5.37. The van der Waals surface area contributed by atoms with Crippen LogP contribution in [0.15, 0.2) is 18.2 Å². The summed E-state index contributed by atoms with van der Waals surface area (Å²) in [6, 6.07) is 3.17. The molecule has 0 aromatic heterocycles. The maximum Gasteiger partial charge on any atom is 0.328 e. The molecular formula is C11H10Cl2FNO3. The lowest BCUT2D eigenvalue weighted by Crippen LogP contribution is -2.43. The van der Waals surface area contributed by atoms with Gasteiger partial charge in [0.1, 0.15) is 6.67 Å². The van der Waals surface area contributed by atoms with Crippen molar-refractivity contribution < 1.29 is 19.1 Å². The minimum atomic E-state index is -1.56. The second-order valence-corrected chi connectivity index (χ2v) is 4.30. The Morgan fingerprint density at radius 2 is 1.89 bits per heavy atom. The van der Waals surface area contributed by atoms with Crippen LogP contribution in [0.1, 0.15) is 5.56 Å². The van der Waals surface area contributed by atoms with E-state index in [0.717, 1.165) is 0 Å². The van der Waals surface area contributed by atoms with Gasteiger partial charge < -0.3 is 10.4 Å². The van der Waals surface area contributed by atoms with Crippen molar-refractivity contribution in [2.45, 2.75) is 12.5 Å². The van der Waals surface area contributed by atoms with Crippen molar-refractivity contribution in [3.05, 3.63) is 33.8 Å². The van der Waals surface area contributed by atoms with Gasteiger partial charge in [-0.25, -0.2) is 9.18 Å². The van der Waals surface area contributed by atoms with Crippen LogP contribution < -0.4 is 5.32 Å². The number of alkyl halides is 1. The molecule has 1 unspecified atom stereocenters. The number of benzene rings is 1. The van der Waals surface area contributed by atoms with Crippen molar-refractivity contribution in [3.63, 3.8) is 0 Å². The van der Waals surface area contributed by atoms with E-state index in [9.17, 15) is 14.0 Å². The molecule has 1 amide bonds. The van der Waals surface area contributed by atoms with Gasteiger partial charge in [0, 0.05) is 10.0 Å². The third-order valence-electron chi connectivity index (χ3n) is 2.19. The quantitative estimate of drug-likeness (QED) is 0.873. The van der Waals surface area contributed by atoms with Gasteiger partial charge in [-0.05, 0) is 17.7 Å². The summed E-state index contributed by atoms with van der Waals surface area (Å²) in [5.74, 6) is -2.09. The summed E-state index contributed by atoms with van der Waals surface area (Å²) in [6.07, 6.45) is -0.206. The molecule has 1 rings (SSSR count). The van der Waals surface area contributed by atoms with Gasteiger partial charge in [0.05, 0.1) is 6.42 Å². The maximum atomic E-state index is 12.3. The SMILES string of the molecule is O=C(Cc1c(Cl)cccc1Cl)NC(CF)C(=O)O. The molecule has 0 aliphatic carbocycles. The Labute approximate surface area is 113 Å². The van der Waals surface area contributed by atoms with E-state index < -0.39 is 24.6 Å². The Hall–Kier alpha value is -1.33. The maximum absolute atomic E-state index is 12.3. The van der Waals surface area contributed by atoms with Crippen LogP contribution >= 0.6 is 23.2 Å². The zero-order valence-electron chi connectivity index (χ0n) is 9.12. The van der Waals surface area contributed by atoms with Crippen molar-refractivity contribution in [2.24, 2.45) is 0 Å². The molecule has 1 aromatic rings. The highest BCUT2D eigenvalue weighted by Gasteiger charge is 2.20. The summed E-state index contributed by atoms with van der Waals surface area (Å²) >= 11 is 11.7. The fourth-order valence-electron chi connectivity index (χ4n) is 1.27. The van der Waals surface area contributed by atoms with Crippen molar-refractivity contribution in [1.82, 2.24) is 5.32 Å². The molecule has 0 bridgehead atoms. The second-order valence-electron chi connectivity index (χ2n) is 3.49. The molecule has 0 heterocycles. The second kappa shape index (κ2) is 6.56. The van der Waals surface area contributed by atoms with Gasteiger partial charge in [-0.3, -0.25) is 4.79 Å². The molecule has 0 spiro atoms. The molecule has 7 heteroatoms. The third-order valence-corrected chi connectivity index (χ3v) is 2.89. The number of amides is 1. The summed E-state index contributed by atoms with van der Waals surface area (Å²) in [4.78, 5) is 22.1. The summed E-state index contributed by atoms with van der Waals surface area (Å²) in [7, 11) is 0. The molecule has 0 radical (unpaired) electrons. The van der Waals surface area contributed by atoms with Gasteiger partial charge in [0.25, 0.3) is 0 Å². The average Bonchev–Trinajstić information content (AvgIpc) is 2.30. The fourth-order valence-corrected chi connectivity index (χ4v) is 1.80. The monoisotopic (exact) mass is 293 g/mol. The molecule has 18 heavy (non-hydrogen) atoms. The fraction of sp³-hybridized carbons (Fsp3) is 0.273. The number of carboxylic acids is 1. The van der Waals surface area contributed by atoms with Crippen LogP contribution in [0.25, 0.3) is 0 Å². The van der Waals surface area contributed by atoms with E-state index in [2.05, 4.69) is 0 Å². The molecule has 0 aliphatic heterocycles. The topological polar surface area (TPSA) is 66.4 Å². The van der Waals surface area contributed by atoms with Gasteiger partial charge in [-0.1, -0.05) is 29.3 Å². The largest absolute Gasteiger partial charge is 0.480 e. The minimum Gasteiger partial charge on any atom is -0.480 e. The summed E-state index contributed by atoms with van der Waals surface area (Å²) in [6.45, 7) is -1.18. The first-order valence-corrected chi connectivity index (χ1v) is 5.72. The zero-order valence-corrected chi connectivity index (χ0v) is 10.6. The van der Waals surface area contributed by atoms with Crippen molar-refractivity contribution in [3.8, 4) is 0 Å². The molecule has 4 nitrogen and oxygen atoms in total. The standard InChI is InChI=1S/C11H10Cl2FNO3/c12-7-2-1-3-8(13)6(7)4-10(16)15-9(5-14)11(17)18/h1-3,9H,4-5H2,(H,15,16)(H,17,18). The van der Waals surface area contributed by atoms with Crippen molar-refractivity contribution in [2.75, 3.05) is 6.67 Å². The van der Waals surface area contributed by atoms with Gasteiger partial charge in [0.2, 0.25) is 5.91 Å². The number of carbonyl (C=O) groups is 2. The summed E-state index contributed by atoms with van der Waals surface area (Å²) < 4.78 is 12.3. The molecule has 1 aromatic carbocycles. The van der Waals surface area contributed by atoms with Crippen molar-refractivity contribution >= 4 is 35.1 Å². The van der Waals surface area contributed by atoms with E-state index in [1.54, 1.807) is 18.2 Å². The Bertz CT molecular complexity index is 447. The summed E-state index contributed by atoms with van der Waals surface area (Å²) in [5.41, 5.74) is 0.376. The van der Waals surface area contributed by atoms with Crippen LogP contribution in [0.5, 0.6) is 0 Å². The van der Waals surface area contributed by atoms with E-state index >= 15 is 0 Å². The highest BCUT2D eigenvalue weighted by molar-refractivity contribution is 6.36. The first-order chi connectivity index (χ1) is 8.45. The minimum absolute atomic E-state index is 0.206. The van der Waals surface area contributed by atoms with Crippen LogP contribution in [-0.2, 0) is 16.0 Å². The molecule has 98 valence electrons. The number of halogens is 3. The number of hydrogen-bond donors (Lipinski definition) is 2. The lowest BCUT2D eigenvalue weighted by molar-refractivity contribution is -0.142. The smallest absolute Gasteiger partial charge is 0.328 e. The molecule has 0 saturated heterocycles. The molecule has 0 aliphatic rings. The van der Waals surface area contributed by atoms with E-state index in [1.165, 1.54) is 0 Å². The van der Waals surface area contributed by atoms with E-state index in [1.807, 2.05) is 5.32 Å². The number of nitrogens with one attached hydrogen (secondary N) is 1. The van der Waals surface area contributed by atoms with Crippen LogP contribution in [0.2, 0.25) is 10.0 Å². The lowest BCUT2D eigenvalue weighted by atomic mass is 10.1. The number of aliphatic carboxylic acids is 1. The molecular weight excluding hydrogens is 284 g/mol. The summed E-state index contributed by atoms with van der Waals surface area (Å²) in [5, 5.41) is 11.2. The number of rotatable bonds is 5. The lowest BCUT2D eigenvalue weighted by Gasteiger charge is -2.12. The first kappa shape index (κ1) is 14.7. The number of hydrogen-bond acceptors (Lipinski definition) is 2. The molecule has 1 atom stereocenters. The van der Waals surface area contributed by atoms with E-state index in [0.29, 0.717) is 15.6 Å². The van der Waals surface area contributed by atoms with E-state index in [4.69, 9.17) is 28.3 Å². The zero-order chi connectivity index (χ0) is 13.7. The van der Waals surface area contributed by atoms with Crippen LogP contribution in [0, 0.1) is 0 Å². The Morgan fingerprint density at radius 1 is 1.33 bits per heavy atom. The van der Waals surface area contributed by atoms with E-state index in [-0.39, 0.29) is 6.42 Å². The number of carboxylic acid groups (broad SMARTS) is 1. The van der Waals surface area contributed by atoms with Gasteiger partial charge in [-0.15, -0.1) is 0 Å². The molecule has 2 N–H and O–H groups in total. The van der Waals surface area contributed by atoms with Gasteiger partial charge in [-0.2, -0.15) is 0 Å². The predicted octanol–water partition coefficient (Wildman–Crippen LogP) is 2.07.